The monoisotopic (exact) mass is 289 g/mol. The number of nitrogens with one attached hydrogen (secondary N) is 2. The Morgan fingerprint density at radius 3 is 2.71 bits per heavy atom. The number of carbonyl (C=O) groups is 1. The molecule has 0 spiro atoms. The van der Waals surface area contributed by atoms with Gasteiger partial charge in [-0.05, 0) is 44.5 Å². The lowest BCUT2D eigenvalue weighted by molar-refractivity contribution is -0.135. The average molecular weight is 289 g/mol. The third-order valence-corrected chi connectivity index (χ3v) is 4.13. The Balaban J connectivity index is 1.82. The fourth-order valence-corrected chi connectivity index (χ4v) is 2.92. The Bertz CT molecular complexity index is 467. The van der Waals surface area contributed by atoms with Gasteiger partial charge in [0.1, 0.15) is 0 Å². The van der Waals surface area contributed by atoms with Crippen LogP contribution in [-0.4, -0.2) is 43.5 Å². The van der Waals surface area contributed by atoms with E-state index in [-0.39, 0.29) is 11.8 Å². The molecule has 1 unspecified atom stereocenters. The van der Waals surface area contributed by atoms with E-state index in [1.807, 2.05) is 18.9 Å². The molecular formula is C17H27N3O. The number of aryl methyl sites for hydroxylation is 1. The molecule has 1 heterocycles. The molecule has 2 N–H and O–H groups in total. The first-order valence-corrected chi connectivity index (χ1v) is 7.86. The highest BCUT2D eigenvalue weighted by Crippen LogP contribution is 2.18. The molecule has 1 saturated heterocycles. The topological polar surface area (TPSA) is 44.4 Å². The maximum Gasteiger partial charge on any atom is 0.226 e. The van der Waals surface area contributed by atoms with Crippen LogP contribution in [0.15, 0.2) is 24.3 Å². The van der Waals surface area contributed by atoms with Gasteiger partial charge in [0.25, 0.3) is 0 Å². The van der Waals surface area contributed by atoms with Gasteiger partial charge in [0.05, 0.1) is 0 Å². The van der Waals surface area contributed by atoms with Crippen LogP contribution in [0.5, 0.6) is 0 Å². The van der Waals surface area contributed by atoms with E-state index in [1.54, 1.807) is 0 Å². The minimum absolute atomic E-state index is 0.0660. The van der Waals surface area contributed by atoms with E-state index < -0.39 is 0 Å². The molecule has 1 aliphatic heterocycles. The summed E-state index contributed by atoms with van der Waals surface area (Å²) in [5.74, 6) is 0.342. The van der Waals surface area contributed by atoms with Gasteiger partial charge in [-0.3, -0.25) is 4.79 Å². The summed E-state index contributed by atoms with van der Waals surface area (Å²) in [6, 6.07) is 8.94. The fraction of sp³-hybridized carbons (Fsp3) is 0.588. The van der Waals surface area contributed by atoms with Crippen molar-refractivity contribution in [3.05, 3.63) is 29.8 Å². The van der Waals surface area contributed by atoms with Crippen molar-refractivity contribution >= 4 is 11.6 Å². The van der Waals surface area contributed by atoms with Crippen molar-refractivity contribution in [3.8, 4) is 0 Å². The Morgan fingerprint density at radius 1 is 1.38 bits per heavy atom. The van der Waals surface area contributed by atoms with Gasteiger partial charge in [0.15, 0.2) is 0 Å². The number of amides is 1. The summed E-state index contributed by atoms with van der Waals surface area (Å²) in [6.45, 7) is 6.57. The number of rotatable bonds is 5. The number of likely N-dealkylation sites (tertiary alicyclic amines) is 1. The molecule has 0 radical (unpaired) electrons. The van der Waals surface area contributed by atoms with Crippen LogP contribution in [0.25, 0.3) is 0 Å². The van der Waals surface area contributed by atoms with Crippen LogP contribution < -0.4 is 10.6 Å². The van der Waals surface area contributed by atoms with Gasteiger partial charge >= 0.3 is 0 Å². The fourth-order valence-electron chi connectivity index (χ4n) is 2.92. The smallest absolute Gasteiger partial charge is 0.226 e. The first-order valence-electron chi connectivity index (χ1n) is 7.86. The van der Waals surface area contributed by atoms with Crippen LogP contribution in [0, 0.1) is 12.8 Å². The van der Waals surface area contributed by atoms with Crippen molar-refractivity contribution in [1.82, 2.24) is 10.2 Å². The van der Waals surface area contributed by atoms with Crippen LogP contribution in [0.1, 0.15) is 25.3 Å². The molecule has 4 heteroatoms. The molecule has 0 aromatic heterocycles. The zero-order valence-electron chi connectivity index (χ0n) is 13.4. The number of benzene rings is 1. The maximum absolute atomic E-state index is 12.3. The molecule has 1 amide bonds. The summed E-state index contributed by atoms with van der Waals surface area (Å²) in [5.41, 5.74) is 2.46. The predicted octanol–water partition coefficient (Wildman–Crippen LogP) is 2.25. The first kappa shape index (κ1) is 15.8. The predicted molar refractivity (Wildman–Crippen MR) is 87.5 cm³/mol. The Labute approximate surface area is 127 Å². The van der Waals surface area contributed by atoms with E-state index in [4.69, 9.17) is 0 Å². The van der Waals surface area contributed by atoms with E-state index in [9.17, 15) is 4.79 Å². The maximum atomic E-state index is 12.3. The highest BCUT2D eigenvalue weighted by Gasteiger charge is 2.25. The summed E-state index contributed by atoms with van der Waals surface area (Å²) >= 11 is 0. The van der Waals surface area contributed by atoms with E-state index in [0.29, 0.717) is 6.04 Å². The van der Waals surface area contributed by atoms with E-state index in [2.05, 4.69) is 41.8 Å². The van der Waals surface area contributed by atoms with E-state index in [1.165, 1.54) is 11.3 Å². The van der Waals surface area contributed by atoms with Crippen molar-refractivity contribution in [2.75, 3.05) is 32.0 Å². The Hall–Kier alpha value is -1.55. The molecule has 1 fully saturated rings. The highest BCUT2D eigenvalue weighted by atomic mass is 16.2. The minimum Gasteiger partial charge on any atom is -0.382 e. The van der Waals surface area contributed by atoms with Gasteiger partial charge in [0.2, 0.25) is 5.91 Å². The summed E-state index contributed by atoms with van der Waals surface area (Å²) < 4.78 is 0. The van der Waals surface area contributed by atoms with Crippen LogP contribution >= 0.6 is 0 Å². The lowest BCUT2D eigenvalue weighted by Gasteiger charge is -2.34. The summed E-state index contributed by atoms with van der Waals surface area (Å²) in [5, 5.41) is 6.66. The van der Waals surface area contributed by atoms with E-state index >= 15 is 0 Å². The number of carbonyl (C=O) groups excluding carboxylic acids is 1. The number of anilines is 1. The molecule has 2 rings (SSSR count). The lowest BCUT2D eigenvalue weighted by Crippen LogP contribution is -2.45. The van der Waals surface area contributed by atoms with Gasteiger partial charge in [0, 0.05) is 37.3 Å². The van der Waals surface area contributed by atoms with Gasteiger partial charge in [-0.1, -0.05) is 19.1 Å². The summed E-state index contributed by atoms with van der Waals surface area (Å²) in [7, 11) is 1.89. The number of nitrogens with zero attached hydrogens (tertiary/aromatic N) is 1. The highest BCUT2D eigenvalue weighted by molar-refractivity contribution is 5.78. The zero-order valence-corrected chi connectivity index (χ0v) is 13.4. The average Bonchev–Trinajstić information content (AvgIpc) is 2.47. The zero-order chi connectivity index (χ0) is 15.2. The van der Waals surface area contributed by atoms with Crippen LogP contribution in [0.4, 0.5) is 5.69 Å². The molecule has 0 aliphatic carbocycles. The lowest BCUT2D eigenvalue weighted by atomic mass is 10.0. The molecule has 1 aliphatic rings. The summed E-state index contributed by atoms with van der Waals surface area (Å²) in [4.78, 5) is 14.3. The molecule has 1 aromatic carbocycles. The molecule has 21 heavy (non-hydrogen) atoms. The molecule has 1 aromatic rings. The van der Waals surface area contributed by atoms with Crippen molar-refractivity contribution < 1.29 is 4.79 Å². The molecule has 1 atom stereocenters. The Morgan fingerprint density at radius 2 is 2.10 bits per heavy atom. The van der Waals surface area contributed by atoms with Crippen LogP contribution in [0.3, 0.4) is 0 Å². The second-order valence-electron chi connectivity index (χ2n) is 6.07. The molecule has 4 nitrogen and oxygen atoms in total. The van der Waals surface area contributed by atoms with Crippen molar-refractivity contribution in [1.29, 1.82) is 0 Å². The minimum atomic E-state index is 0.0660. The quantitative estimate of drug-likeness (QED) is 0.874. The molecule has 0 saturated carbocycles. The summed E-state index contributed by atoms with van der Waals surface area (Å²) in [6.07, 6.45) is 2.04. The second-order valence-corrected chi connectivity index (χ2v) is 6.07. The van der Waals surface area contributed by atoms with Crippen molar-refractivity contribution in [2.45, 2.75) is 32.7 Å². The largest absolute Gasteiger partial charge is 0.382 e. The normalized spacial score (nSPS) is 17.6. The number of piperidine rings is 1. The van der Waals surface area contributed by atoms with Gasteiger partial charge < -0.3 is 15.5 Å². The first-order chi connectivity index (χ1) is 10.1. The second kappa shape index (κ2) is 7.46. The Kier molecular flexibility index (Phi) is 5.62. The number of hydrogen-bond donors (Lipinski definition) is 2. The molecule has 116 valence electrons. The third kappa shape index (κ3) is 4.46. The van der Waals surface area contributed by atoms with Crippen molar-refractivity contribution in [3.63, 3.8) is 0 Å². The standard InChI is InChI=1S/C17H27N3O/c1-13-5-4-6-16(11-13)19-15-7-9-20(10-8-15)17(21)14(2)12-18-3/h4-6,11,14-15,18-19H,7-10,12H2,1-3H3. The van der Waals surface area contributed by atoms with Gasteiger partial charge in [-0.25, -0.2) is 0 Å². The third-order valence-electron chi connectivity index (χ3n) is 4.13. The SMILES string of the molecule is CNCC(C)C(=O)N1CCC(Nc2cccc(C)c2)CC1. The van der Waals surface area contributed by atoms with Gasteiger partial charge in [-0.2, -0.15) is 0 Å². The number of hydrogen-bond acceptors (Lipinski definition) is 3. The van der Waals surface area contributed by atoms with Crippen molar-refractivity contribution in [2.24, 2.45) is 5.92 Å². The molecular weight excluding hydrogens is 262 g/mol. The molecule has 0 bridgehead atoms. The van der Waals surface area contributed by atoms with E-state index in [0.717, 1.165) is 32.5 Å². The van der Waals surface area contributed by atoms with Crippen LogP contribution in [0.2, 0.25) is 0 Å². The van der Waals surface area contributed by atoms with Crippen LogP contribution in [-0.2, 0) is 4.79 Å². The van der Waals surface area contributed by atoms with Gasteiger partial charge in [-0.15, -0.1) is 0 Å².